The van der Waals surface area contributed by atoms with Gasteiger partial charge in [0.2, 0.25) is 0 Å². The summed E-state index contributed by atoms with van der Waals surface area (Å²) in [6, 6.07) is 14.4. The molecular weight excluding hydrogens is 370 g/mol. The van der Waals surface area contributed by atoms with E-state index in [-0.39, 0.29) is 11.5 Å². The fourth-order valence-electron chi connectivity index (χ4n) is 4.16. The minimum atomic E-state index is -0.169. The standard InChI is InChI=1S/C22H23N3O2S/c1-14-11-15(2)13-24(12-14)20(26)16-7-9-17(10-8-16)25-21(27)18-5-3-4-6-19(18)23-22(25)28/h3-10,14-15H,11-13H2,1-2H3,(H,23,28)/t14-,15-/m0/s1. The Labute approximate surface area is 168 Å². The SMILES string of the molecule is C[C@H]1C[C@H](C)CN(C(=O)c2ccc(-n3c(=S)[nH]c4ccccc4c3=O)cc2)C1. The number of nitrogens with zero attached hydrogens (tertiary/aromatic N) is 2. The van der Waals surface area contributed by atoms with Crippen LogP contribution in [0.4, 0.5) is 0 Å². The van der Waals surface area contributed by atoms with Crippen molar-refractivity contribution in [3.8, 4) is 5.69 Å². The Bertz CT molecular complexity index is 1140. The van der Waals surface area contributed by atoms with Crippen LogP contribution in [0, 0.1) is 16.6 Å². The predicted molar refractivity (Wildman–Crippen MR) is 114 cm³/mol. The molecule has 0 aliphatic carbocycles. The summed E-state index contributed by atoms with van der Waals surface area (Å²) in [4.78, 5) is 30.8. The number of nitrogens with one attached hydrogen (secondary N) is 1. The van der Waals surface area contributed by atoms with Crippen LogP contribution in [0.3, 0.4) is 0 Å². The molecule has 0 radical (unpaired) electrons. The van der Waals surface area contributed by atoms with E-state index in [4.69, 9.17) is 12.2 Å². The van der Waals surface area contributed by atoms with E-state index in [1.807, 2.05) is 23.1 Å². The summed E-state index contributed by atoms with van der Waals surface area (Å²) >= 11 is 5.39. The van der Waals surface area contributed by atoms with E-state index in [9.17, 15) is 9.59 Å². The fraction of sp³-hybridized carbons (Fsp3) is 0.318. The van der Waals surface area contributed by atoms with E-state index in [1.165, 1.54) is 4.57 Å². The molecule has 1 N–H and O–H groups in total. The second kappa shape index (κ2) is 7.36. The van der Waals surface area contributed by atoms with Crippen LogP contribution in [0.2, 0.25) is 0 Å². The Hall–Kier alpha value is -2.73. The number of hydrogen-bond donors (Lipinski definition) is 1. The monoisotopic (exact) mass is 393 g/mol. The van der Waals surface area contributed by atoms with Crippen LogP contribution in [-0.2, 0) is 0 Å². The molecule has 3 aromatic rings. The van der Waals surface area contributed by atoms with Gasteiger partial charge in [-0.25, -0.2) is 0 Å². The number of hydrogen-bond acceptors (Lipinski definition) is 3. The van der Waals surface area contributed by atoms with Gasteiger partial charge in [0.15, 0.2) is 4.77 Å². The second-order valence-corrected chi connectivity index (χ2v) is 8.21. The van der Waals surface area contributed by atoms with Crippen molar-refractivity contribution in [2.24, 2.45) is 11.8 Å². The fourth-order valence-corrected chi connectivity index (χ4v) is 4.46. The van der Waals surface area contributed by atoms with Crippen LogP contribution in [0.5, 0.6) is 0 Å². The molecule has 0 unspecified atom stereocenters. The van der Waals surface area contributed by atoms with Crippen molar-refractivity contribution >= 4 is 29.0 Å². The van der Waals surface area contributed by atoms with E-state index in [0.29, 0.717) is 38.8 Å². The Morgan fingerprint density at radius 1 is 1.04 bits per heavy atom. The Kier molecular flexibility index (Phi) is 4.89. The quantitative estimate of drug-likeness (QED) is 0.665. The molecule has 0 bridgehead atoms. The van der Waals surface area contributed by atoms with Crippen molar-refractivity contribution in [2.75, 3.05) is 13.1 Å². The lowest BCUT2D eigenvalue weighted by Crippen LogP contribution is -2.42. The molecule has 1 saturated heterocycles. The molecule has 2 heterocycles. The van der Waals surface area contributed by atoms with Crippen molar-refractivity contribution in [3.63, 3.8) is 0 Å². The van der Waals surface area contributed by atoms with Crippen molar-refractivity contribution < 1.29 is 4.79 Å². The maximum Gasteiger partial charge on any atom is 0.266 e. The molecule has 2 atom stereocenters. The summed E-state index contributed by atoms with van der Waals surface area (Å²) in [5.74, 6) is 1.07. The zero-order valence-corrected chi connectivity index (χ0v) is 16.8. The third-order valence-corrected chi connectivity index (χ3v) is 5.62. The van der Waals surface area contributed by atoms with Gasteiger partial charge in [-0.1, -0.05) is 26.0 Å². The van der Waals surface area contributed by atoms with Crippen molar-refractivity contribution in [3.05, 3.63) is 69.2 Å². The predicted octanol–water partition coefficient (Wildman–Crippen LogP) is 4.17. The zero-order valence-electron chi connectivity index (χ0n) is 16.0. The lowest BCUT2D eigenvalue weighted by Gasteiger charge is -2.35. The molecule has 0 spiro atoms. The highest BCUT2D eigenvalue weighted by Gasteiger charge is 2.26. The first-order valence-corrected chi connectivity index (χ1v) is 9.98. The maximum atomic E-state index is 12.9. The number of carbonyl (C=O) groups is 1. The molecule has 28 heavy (non-hydrogen) atoms. The topological polar surface area (TPSA) is 58.1 Å². The number of carbonyl (C=O) groups excluding carboxylic acids is 1. The first kappa shape index (κ1) is 18.6. The number of para-hydroxylation sites is 1. The van der Waals surface area contributed by atoms with Gasteiger partial charge in [-0.15, -0.1) is 0 Å². The van der Waals surface area contributed by atoms with E-state index in [0.717, 1.165) is 19.5 Å². The van der Waals surface area contributed by atoms with Gasteiger partial charge in [0, 0.05) is 18.7 Å². The van der Waals surface area contributed by atoms with Crippen molar-refractivity contribution in [2.45, 2.75) is 20.3 Å². The summed E-state index contributed by atoms with van der Waals surface area (Å²) in [6.45, 7) is 5.96. The van der Waals surface area contributed by atoms with Crippen molar-refractivity contribution in [1.82, 2.24) is 14.5 Å². The highest BCUT2D eigenvalue weighted by atomic mass is 32.1. The van der Waals surface area contributed by atoms with Gasteiger partial charge in [-0.3, -0.25) is 14.2 Å². The minimum Gasteiger partial charge on any atom is -0.338 e. The van der Waals surface area contributed by atoms with Gasteiger partial charge in [0.25, 0.3) is 11.5 Å². The van der Waals surface area contributed by atoms with Crippen LogP contribution < -0.4 is 5.56 Å². The number of rotatable bonds is 2. The minimum absolute atomic E-state index is 0.0426. The lowest BCUT2D eigenvalue weighted by molar-refractivity contribution is 0.0623. The number of aromatic nitrogens is 2. The third kappa shape index (κ3) is 3.40. The van der Waals surface area contributed by atoms with Gasteiger partial charge in [-0.05, 0) is 66.9 Å². The largest absolute Gasteiger partial charge is 0.338 e. The number of aromatic amines is 1. The molecule has 144 valence electrons. The molecule has 1 fully saturated rings. The smallest absolute Gasteiger partial charge is 0.266 e. The van der Waals surface area contributed by atoms with Crippen LogP contribution in [0.15, 0.2) is 53.3 Å². The van der Waals surface area contributed by atoms with Crippen molar-refractivity contribution in [1.29, 1.82) is 0 Å². The average molecular weight is 394 g/mol. The van der Waals surface area contributed by atoms with E-state index < -0.39 is 0 Å². The summed E-state index contributed by atoms with van der Waals surface area (Å²) in [6.07, 6.45) is 1.16. The van der Waals surface area contributed by atoms with Gasteiger partial charge in [0.1, 0.15) is 0 Å². The first-order valence-electron chi connectivity index (χ1n) is 9.58. The Morgan fingerprint density at radius 3 is 2.36 bits per heavy atom. The molecule has 1 aromatic heterocycles. The maximum absolute atomic E-state index is 12.9. The molecule has 2 aromatic carbocycles. The van der Waals surface area contributed by atoms with Crippen LogP contribution >= 0.6 is 12.2 Å². The van der Waals surface area contributed by atoms with E-state index in [2.05, 4.69) is 18.8 Å². The molecule has 1 aliphatic rings. The number of benzene rings is 2. The van der Waals surface area contributed by atoms with Crippen LogP contribution in [-0.4, -0.2) is 33.4 Å². The molecule has 4 rings (SSSR count). The van der Waals surface area contributed by atoms with Gasteiger partial charge < -0.3 is 9.88 Å². The molecule has 5 nitrogen and oxygen atoms in total. The zero-order chi connectivity index (χ0) is 19.8. The number of fused-ring (bicyclic) bond motifs is 1. The number of piperidine rings is 1. The second-order valence-electron chi connectivity index (χ2n) is 7.82. The molecule has 6 heteroatoms. The summed E-state index contributed by atoms with van der Waals surface area (Å²) in [5, 5.41) is 0.576. The number of amides is 1. The Balaban J connectivity index is 1.67. The molecule has 1 amide bonds. The normalized spacial score (nSPS) is 19.7. The highest BCUT2D eigenvalue weighted by Crippen LogP contribution is 2.23. The highest BCUT2D eigenvalue weighted by molar-refractivity contribution is 7.71. The van der Waals surface area contributed by atoms with E-state index >= 15 is 0 Å². The molecular formula is C22H23N3O2S. The molecule has 1 aliphatic heterocycles. The van der Waals surface area contributed by atoms with Gasteiger partial charge in [-0.2, -0.15) is 0 Å². The average Bonchev–Trinajstić information content (AvgIpc) is 2.67. The first-order chi connectivity index (χ1) is 13.4. The summed E-state index contributed by atoms with van der Waals surface area (Å²) in [5.41, 5.74) is 1.83. The molecule has 0 saturated carbocycles. The van der Waals surface area contributed by atoms with Gasteiger partial charge >= 0.3 is 0 Å². The Morgan fingerprint density at radius 2 is 1.68 bits per heavy atom. The van der Waals surface area contributed by atoms with Crippen LogP contribution in [0.25, 0.3) is 16.6 Å². The van der Waals surface area contributed by atoms with Crippen LogP contribution in [0.1, 0.15) is 30.6 Å². The van der Waals surface area contributed by atoms with E-state index in [1.54, 1.807) is 30.3 Å². The number of likely N-dealkylation sites (tertiary alicyclic amines) is 1. The number of H-pyrrole nitrogens is 1. The lowest BCUT2D eigenvalue weighted by atomic mass is 9.91. The third-order valence-electron chi connectivity index (χ3n) is 5.33. The van der Waals surface area contributed by atoms with Gasteiger partial charge in [0.05, 0.1) is 16.6 Å². The summed E-state index contributed by atoms with van der Waals surface area (Å²) < 4.78 is 1.80. The summed E-state index contributed by atoms with van der Waals surface area (Å²) in [7, 11) is 0.